The summed E-state index contributed by atoms with van der Waals surface area (Å²) in [5.74, 6) is 0.974. The first kappa shape index (κ1) is 19.3. The van der Waals surface area contributed by atoms with E-state index >= 15 is 0 Å². The van der Waals surface area contributed by atoms with Gasteiger partial charge in [0.1, 0.15) is 0 Å². The Labute approximate surface area is 142 Å². The van der Waals surface area contributed by atoms with E-state index in [1.54, 1.807) is 44.4 Å². The topological polar surface area (TPSA) is 48.0 Å². The number of rotatable bonds is 9. The average molecular weight is 342 g/mol. The van der Waals surface area contributed by atoms with Gasteiger partial charge in [-0.25, -0.2) is 0 Å². The van der Waals surface area contributed by atoms with Crippen LogP contribution in [0.1, 0.15) is 18.9 Å². The maximum Gasteiger partial charge on any atom is 0.246 e. The fourth-order valence-corrected chi connectivity index (χ4v) is 2.25. The summed E-state index contributed by atoms with van der Waals surface area (Å²) >= 11 is 6.21. The van der Waals surface area contributed by atoms with E-state index in [0.29, 0.717) is 36.3 Å². The molecule has 1 rings (SSSR count). The third-order valence-corrected chi connectivity index (χ3v) is 3.46. The first-order valence-electron chi connectivity index (χ1n) is 7.45. The molecule has 0 radical (unpaired) electrons. The van der Waals surface area contributed by atoms with Crippen LogP contribution in [0.5, 0.6) is 11.5 Å². The number of likely N-dealkylation sites (N-methyl/N-ethyl adjacent to an activating group) is 1. The Bertz CT molecular complexity index is 546. The number of methoxy groups -OCH3 is 2. The summed E-state index contributed by atoms with van der Waals surface area (Å²) in [4.78, 5) is 13.7. The van der Waals surface area contributed by atoms with E-state index in [1.807, 2.05) is 6.92 Å². The average Bonchev–Trinajstić information content (AvgIpc) is 2.54. The highest BCUT2D eigenvalue weighted by atomic mass is 35.5. The van der Waals surface area contributed by atoms with E-state index in [9.17, 15) is 4.79 Å². The molecule has 0 atom stereocenters. The molecule has 23 heavy (non-hydrogen) atoms. The summed E-state index contributed by atoms with van der Waals surface area (Å²) in [6.07, 6.45) is 4.02. The minimum Gasteiger partial charge on any atom is -0.493 e. The lowest BCUT2D eigenvalue weighted by atomic mass is 10.2. The minimum atomic E-state index is -0.0786. The highest BCUT2D eigenvalue weighted by Crippen LogP contribution is 2.36. The summed E-state index contributed by atoms with van der Waals surface area (Å²) in [5.41, 5.74) is 0.772. The molecule has 1 amide bonds. The van der Waals surface area contributed by atoms with Crippen LogP contribution in [0.25, 0.3) is 6.08 Å². The fraction of sp³-hybridized carbons (Fsp3) is 0.471. The molecule has 0 spiro atoms. The third-order valence-electron chi connectivity index (χ3n) is 3.18. The molecule has 0 aromatic heterocycles. The van der Waals surface area contributed by atoms with Crippen LogP contribution in [0.3, 0.4) is 0 Å². The molecule has 0 bridgehead atoms. The van der Waals surface area contributed by atoms with Crippen molar-refractivity contribution < 1.29 is 19.0 Å². The highest BCUT2D eigenvalue weighted by Gasteiger charge is 2.11. The molecule has 0 saturated carbocycles. The maximum absolute atomic E-state index is 12.0. The van der Waals surface area contributed by atoms with E-state index in [2.05, 4.69) is 0 Å². The number of hydrogen-bond donors (Lipinski definition) is 0. The van der Waals surface area contributed by atoms with Crippen LogP contribution >= 0.6 is 11.6 Å². The van der Waals surface area contributed by atoms with Gasteiger partial charge in [0, 0.05) is 33.4 Å². The highest BCUT2D eigenvalue weighted by molar-refractivity contribution is 6.32. The molecule has 128 valence electrons. The van der Waals surface area contributed by atoms with Crippen LogP contribution in [0, 0.1) is 0 Å². The smallest absolute Gasteiger partial charge is 0.246 e. The molecule has 1 aromatic rings. The number of ether oxygens (including phenoxy) is 3. The van der Waals surface area contributed by atoms with Crippen molar-refractivity contribution in [1.29, 1.82) is 0 Å². The Hall–Kier alpha value is -1.72. The van der Waals surface area contributed by atoms with Crippen molar-refractivity contribution in [3.63, 3.8) is 0 Å². The Morgan fingerprint density at radius 1 is 1.35 bits per heavy atom. The zero-order valence-electron chi connectivity index (χ0n) is 14.1. The van der Waals surface area contributed by atoms with Gasteiger partial charge in [-0.15, -0.1) is 0 Å². The molecular formula is C17H24ClNO4. The van der Waals surface area contributed by atoms with Crippen LogP contribution in [-0.2, 0) is 9.53 Å². The minimum absolute atomic E-state index is 0.0786. The van der Waals surface area contributed by atoms with Crippen molar-refractivity contribution in [3.05, 3.63) is 28.8 Å². The van der Waals surface area contributed by atoms with Crippen LogP contribution in [0.2, 0.25) is 5.02 Å². The largest absolute Gasteiger partial charge is 0.493 e. The number of hydrogen-bond acceptors (Lipinski definition) is 4. The summed E-state index contributed by atoms with van der Waals surface area (Å²) in [6, 6.07) is 3.52. The number of carbonyl (C=O) groups excluding carboxylic acids is 1. The first-order valence-corrected chi connectivity index (χ1v) is 7.83. The zero-order valence-corrected chi connectivity index (χ0v) is 14.9. The quantitative estimate of drug-likeness (QED) is 0.511. The number of halogens is 1. The number of nitrogens with zero attached hydrogens (tertiary/aromatic N) is 1. The lowest BCUT2D eigenvalue weighted by Gasteiger charge is -2.14. The molecule has 0 saturated heterocycles. The molecule has 0 heterocycles. The first-order chi connectivity index (χ1) is 11.0. The van der Waals surface area contributed by atoms with Crippen LogP contribution in [0.4, 0.5) is 0 Å². The van der Waals surface area contributed by atoms with Gasteiger partial charge < -0.3 is 19.1 Å². The molecule has 0 aliphatic heterocycles. The van der Waals surface area contributed by atoms with E-state index in [-0.39, 0.29) is 5.91 Å². The summed E-state index contributed by atoms with van der Waals surface area (Å²) in [5, 5.41) is 0.451. The Kier molecular flexibility index (Phi) is 8.51. The van der Waals surface area contributed by atoms with Gasteiger partial charge in [-0.1, -0.05) is 11.6 Å². The molecule has 6 heteroatoms. The molecule has 0 unspecified atom stereocenters. The lowest BCUT2D eigenvalue weighted by Crippen LogP contribution is -2.26. The van der Waals surface area contributed by atoms with Crippen LogP contribution in [0.15, 0.2) is 18.2 Å². The van der Waals surface area contributed by atoms with E-state index in [4.69, 9.17) is 25.8 Å². The van der Waals surface area contributed by atoms with Gasteiger partial charge in [-0.05, 0) is 37.1 Å². The van der Waals surface area contributed by atoms with Gasteiger partial charge in [-0.3, -0.25) is 4.79 Å². The monoisotopic (exact) mass is 341 g/mol. The van der Waals surface area contributed by atoms with Gasteiger partial charge in [-0.2, -0.15) is 0 Å². The Morgan fingerprint density at radius 2 is 2.09 bits per heavy atom. The molecule has 0 fully saturated rings. The summed E-state index contributed by atoms with van der Waals surface area (Å²) < 4.78 is 15.7. The second-order valence-corrected chi connectivity index (χ2v) is 5.31. The molecular weight excluding hydrogens is 318 g/mol. The number of carbonyl (C=O) groups is 1. The maximum atomic E-state index is 12.0. The van der Waals surface area contributed by atoms with Gasteiger partial charge in [0.05, 0.1) is 18.7 Å². The van der Waals surface area contributed by atoms with E-state index in [1.165, 1.54) is 6.08 Å². The summed E-state index contributed by atoms with van der Waals surface area (Å²) in [6.45, 7) is 3.65. The van der Waals surface area contributed by atoms with Gasteiger partial charge >= 0.3 is 0 Å². The lowest BCUT2D eigenvalue weighted by molar-refractivity contribution is -0.124. The second-order valence-electron chi connectivity index (χ2n) is 4.91. The molecule has 5 nitrogen and oxygen atoms in total. The van der Waals surface area contributed by atoms with Crippen molar-refractivity contribution in [3.8, 4) is 11.5 Å². The zero-order chi connectivity index (χ0) is 17.2. The standard InChI is InChI=1S/C17H24ClNO4/c1-5-23-17-14(18)11-13(12-15(17)22-4)7-8-16(20)19(2)9-6-10-21-3/h7-8,11-12H,5-6,9-10H2,1-4H3/b8-7+. The molecule has 1 aromatic carbocycles. The van der Waals surface area contributed by atoms with Crippen molar-refractivity contribution in [2.24, 2.45) is 0 Å². The predicted molar refractivity (Wildman–Crippen MR) is 92.3 cm³/mol. The molecule has 0 N–H and O–H groups in total. The number of benzene rings is 1. The second kappa shape index (κ2) is 10.1. The van der Waals surface area contributed by atoms with Gasteiger partial charge in [0.2, 0.25) is 5.91 Å². The molecule has 0 aliphatic carbocycles. The van der Waals surface area contributed by atoms with Crippen LogP contribution < -0.4 is 9.47 Å². The third kappa shape index (κ3) is 6.12. The van der Waals surface area contributed by atoms with Crippen molar-refractivity contribution in [1.82, 2.24) is 4.90 Å². The molecule has 0 aliphatic rings. The van der Waals surface area contributed by atoms with E-state index < -0.39 is 0 Å². The summed E-state index contributed by atoms with van der Waals surface area (Å²) in [7, 11) is 4.95. The van der Waals surface area contributed by atoms with Crippen LogP contribution in [-0.4, -0.2) is 51.8 Å². The van der Waals surface area contributed by atoms with Gasteiger partial charge in [0.15, 0.2) is 11.5 Å². The van der Waals surface area contributed by atoms with Crippen molar-refractivity contribution in [2.75, 3.05) is 41.0 Å². The van der Waals surface area contributed by atoms with Crippen molar-refractivity contribution >= 4 is 23.6 Å². The van der Waals surface area contributed by atoms with Gasteiger partial charge in [0.25, 0.3) is 0 Å². The normalized spacial score (nSPS) is 10.8. The fourth-order valence-electron chi connectivity index (χ4n) is 1.97. The van der Waals surface area contributed by atoms with E-state index in [0.717, 1.165) is 12.0 Å². The Balaban J connectivity index is 2.79. The predicted octanol–water partition coefficient (Wildman–Crippen LogP) is 3.26. The van der Waals surface area contributed by atoms with Crippen molar-refractivity contribution in [2.45, 2.75) is 13.3 Å². The SMILES string of the molecule is CCOc1c(Cl)cc(/C=C/C(=O)N(C)CCCOC)cc1OC. The Morgan fingerprint density at radius 3 is 2.70 bits per heavy atom. The number of amides is 1.